The van der Waals surface area contributed by atoms with Crippen LogP contribution in [0.5, 0.6) is 0 Å². The van der Waals surface area contributed by atoms with Crippen LogP contribution in [-0.2, 0) is 14.4 Å². The summed E-state index contributed by atoms with van der Waals surface area (Å²) < 4.78 is 0. The second-order valence-electron chi connectivity index (χ2n) is 6.31. The van der Waals surface area contributed by atoms with Crippen molar-refractivity contribution in [3.63, 3.8) is 0 Å². The van der Waals surface area contributed by atoms with E-state index in [0.29, 0.717) is 58.8 Å². The van der Waals surface area contributed by atoms with Crippen molar-refractivity contribution in [3.8, 4) is 0 Å². The lowest BCUT2D eigenvalue weighted by atomic mass is 10.1. The van der Waals surface area contributed by atoms with E-state index in [1.807, 2.05) is 4.90 Å². The predicted molar refractivity (Wildman–Crippen MR) is 94.4 cm³/mol. The lowest BCUT2D eigenvalue weighted by molar-refractivity contribution is -0.140. The van der Waals surface area contributed by atoms with E-state index in [0.717, 1.165) is 0 Å². The molecule has 0 unspecified atom stereocenters. The first-order valence-corrected chi connectivity index (χ1v) is 8.55. The van der Waals surface area contributed by atoms with Crippen molar-refractivity contribution < 1.29 is 29.7 Å². The summed E-state index contributed by atoms with van der Waals surface area (Å²) in [5.74, 6) is -2.84. The summed E-state index contributed by atoms with van der Waals surface area (Å²) >= 11 is 0. The van der Waals surface area contributed by atoms with E-state index in [-0.39, 0.29) is 19.6 Å². The first-order chi connectivity index (χ1) is 12.3. The molecule has 0 atom stereocenters. The Morgan fingerprint density at radius 2 is 0.808 bits per heavy atom. The third-order valence-corrected chi connectivity index (χ3v) is 4.26. The van der Waals surface area contributed by atoms with Crippen LogP contribution in [-0.4, -0.2) is 139 Å². The first kappa shape index (κ1) is 22.4. The van der Waals surface area contributed by atoms with E-state index >= 15 is 0 Å². The number of nitrogens with zero attached hydrogens (tertiary/aromatic N) is 4. The average molecular weight is 370 g/mol. The maximum absolute atomic E-state index is 11.1. The highest BCUT2D eigenvalue weighted by Crippen LogP contribution is 2.00. The van der Waals surface area contributed by atoms with Gasteiger partial charge in [0.25, 0.3) is 0 Å². The van der Waals surface area contributed by atoms with Gasteiger partial charge in [0.1, 0.15) is 0 Å². The fraction of sp³-hybridized carbons (Fsp3) is 0.800. The molecule has 1 rings (SSSR count). The molecular weight excluding hydrogens is 343 g/mol. The Kier molecular flexibility index (Phi) is 10.2. The van der Waals surface area contributed by atoms with Crippen LogP contribution in [0.25, 0.3) is 0 Å². The van der Waals surface area contributed by atoms with Gasteiger partial charge in [0.05, 0.1) is 27.5 Å². The SMILES string of the molecule is [B]CN1CCN(CC(=O)O)CCN(CC(=O)O)CCN(CC(=O)O)CC1. The Morgan fingerprint density at radius 1 is 0.577 bits per heavy atom. The van der Waals surface area contributed by atoms with Crippen molar-refractivity contribution >= 4 is 25.8 Å². The van der Waals surface area contributed by atoms with Crippen LogP contribution >= 0.6 is 0 Å². The zero-order valence-electron chi connectivity index (χ0n) is 14.9. The first-order valence-electron chi connectivity index (χ1n) is 8.55. The van der Waals surface area contributed by atoms with Gasteiger partial charge < -0.3 is 20.2 Å². The molecule has 0 aromatic rings. The second-order valence-corrected chi connectivity index (χ2v) is 6.31. The minimum atomic E-state index is -0.971. The molecule has 10 nitrogen and oxygen atoms in total. The maximum atomic E-state index is 11.1. The smallest absolute Gasteiger partial charge is 0.317 e. The van der Waals surface area contributed by atoms with Gasteiger partial charge in [-0.1, -0.05) is 0 Å². The molecule has 0 aliphatic carbocycles. The summed E-state index contributed by atoms with van der Waals surface area (Å²) in [7, 11) is 5.74. The summed E-state index contributed by atoms with van der Waals surface area (Å²) in [4.78, 5) is 40.3. The van der Waals surface area contributed by atoms with E-state index in [2.05, 4.69) is 0 Å². The lowest BCUT2D eigenvalue weighted by Gasteiger charge is -2.32. The summed E-state index contributed by atoms with van der Waals surface area (Å²) in [6.45, 7) is 3.30. The van der Waals surface area contributed by atoms with E-state index in [4.69, 9.17) is 23.2 Å². The fourth-order valence-corrected chi connectivity index (χ4v) is 2.81. The third kappa shape index (κ3) is 9.71. The van der Waals surface area contributed by atoms with Crippen LogP contribution in [0.2, 0.25) is 0 Å². The molecule has 11 heteroatoms. The number of carbonyl (C=O) groups is 3. The molecule has 0 amide bonds. The number of hydrogen-bond acceptors (Lipinski definition) is 7. The Labute approximate surface area is 154 Å². The highest BCUT2D eigenvalue weighted by Gasteiger charge is 2.19. The van der Waals surface area contributed by atoms with E-state index in [9.17, 15) is 14.4 Å². The van der Waals surface area contributed by atoms with Crippen molar-refractivity contribution in [1.82, 2.24) is 19.6 Å². The van der Waals surface area contributed by atoms with Gasteiger partial charge in [-0.05, 0) is 6.44 Å². The highest BCUT2D eigenvalue weighted by atomic mass is 16.4. The number of carboxylic acid groups (broad SMARTS) is 3. The molecule has 1 fully saturated rings. The molecule has 0 saturated carbocycles. The Hall–Kier alpha value is -1.69. The van der Waals surface area contributed by atoms with Gasteiger partial charge in [0.2, 0.25) is 0 Å². The Balaban J connectivity index is 2.82. The minimum absolute atomic E-state index is 0.121. The average Bonchev–Trinajstić information content (AvgIpc) is 2.53. The predicted octanol–water partition coefficient (Wildman–Crippen LogP) is -2.41. The maximum Gasteiger partial charge on any atom is 0.317 e. The molecule has 146 valence electrons. The van der Waals surface area contributed by atoms with Crippen molar-refractivity contribution in [2.24, 2.45) is 0 Å². The second kappa shape index (κ2) is 11.8. The molecule has 2 radical (unpaired) electrons. The molecule has 1 heterocycles. The van der Waals surface area contributed by atoms with E-state index in [1.54, 1.807) is 14.7 Å². The zero-order chi connectivity index (χ0) is 19.5. The number of aliphatic carboxylic acids is 3. The largest absolute Gasteiger partial charge is 0.480 e. The van der Waals surface area contributed by atoms with Gasteiger partial charge in [0.15, 0.2) is 0 Å². The quantitative estimate of drug-likeness (QED) is 0.417. The van der Waals surface area contributed by atoms with Gasteiger partial charge in [-0.2, -0.15) is 0 Å². The molecule has 0 bridgehead atoms. The van der Waals surface area contributed by atoms with Crippen LogP contribution in [0.15, 0.2) is 0 Å². The van der Waals surface area contributed by atoms with Crippen LogP contribution in [0.3, 0.4) is 0 Å². The molecular formula is C15H27BN4O6. The number of hydrogen-bond donors (Lipinski definition) is 3. The van der Waals surface area contributed by atoms with Crippen molar-refractivity contribution in [2.45, 2.75) is 0 Å². The fourth-order valence-electron chi connectivity index (χ4n) is 2.81. The molecule has 26 heavy (non-hydrogen) atoms. The molecule has 0 aromatic carbocycles. The molecule has 1 aliphatic rings. The summed E-state index contributed by atoms with van der Waals surface area (Å²) in [5, 5.41) is 27.2. The summed E-state index contributed by atoms with van der Waals surface area (Å²) in [6, 6.07) is 0. The monoisotopic (exact) mass is 370 g/mol. The molecule has 1 aliphatic heterocycles. The summed E-state index contributed by atoms with van der Waals surface area (Å²) in [6.07, 6.45) is 0.299. The van der Waals surface area contributed by atoms with Crippen molar-refractivity contribution in [2.75, 3.05) is 78.4 Å². The lowest BCUT2D eigenvalue weighted by Crippen LogP contribution is -2.48. The van der Waals surface area contributed by atoms with Crippen LogP contribution in [0.4, 0.5) is 0 Å². The number of carboxylic acids is 3. The third-order valence-electron chi connectivity index (χ3n) is 4.26. The number of rotatable bonds is 7. The minimum Gasteiger partial charge on any atom is -0.480 e. The topological polar surface area (TPSA) is 125 Å². The van der Waals surface area contributed by atoms with E-state index in [1.165, 1.54) is 0 Å². The highest BCUT2D eigenvalue weighted by molar-refractivity contribution is 6.08. The normalized spacial score (nSPS) is 20.2. The molecule has 1 saturated heterocycles. The van der Waals surface area contributed by atoms with Crippen molar-refractivity contribution in [3.05, 3.63) is 0 Å². The zero-order valence-corrected chi connectivity index (χ0v) is 14.9. The van der Waals surface area contributed by atoms with Gasteiger partial charge in [-0.15, -0.1) is 0 Å². The molecule has 0 spiro atoms. The van der Waals surface area contributed by atoms with E-state index < -0.39 is 17.9 Å². The Morgan fingerprint density at radius 3 is 1.00 bits per heavy atom. The van der Waals surface area contributed by atoms with Crippen molar-refractivity contribution in [1.29, 1.82) is 0 Å². The van der Waals surface area contributed by atoms with Crippen LogP contribution in [0, 0.1) is 0 Å². The van der Waals surface area contributed by atoms with Crippen LogP contribution < -0.4 is 0 Å². The standard InChI is InChI=1S/C15H27BN4O6/c16-12-20-7-5-18(10-14(23)24)3-1-17(9-13(21)22)2-4-19(6-8-20)11-15(25)26/h1-12H2,(H,21,22)(H,23,24)(H,25,26). The van der Waals surface area contributed by atoms with Crippen LogP contribution in [0.1, 0.15) is 0 Å². The van der Waals surface area contributed by atoms with Gasteiger partial charge in [-0.25, -0.2) is 0 Å². The Bertz CT molecular complexity index is 449. The van der Waals surface area contributed by atoms with Gasteiger partial charge >= 0.3 is 17.9 Å². The molecule has 0 aromatic heterocycles. The van der Waals surface area contributed by atoms with Gasteiger partial charge in [-0.3, -0.25) is 29.1 Å². The van der Waals surface area contributed by atoms with Gasteiger partial charge in [0, 0.05) is 52.4 Å². The molecule has 3 N–H and O–H groups in total. The summed E-state index contributed by atoms with van der Waals surface area (Å²) in [5.41, 5.74) is 0.